The number of ether oxygens (including phenoxy) is 1. The Hall–Kier alpha value is -3.00. The molecule has 1 atom stereocenters. The molecule has 5 nitrogen and oxygen atoms in total. The van der Waals surface area contributed by atoms with Crippen molar-refractivity contribution in [2.45, 2.75) is 25.9 Å². The Morgan fingerprint density at radius 3 is 2.71 bits per heavy atom. The van der Waals surface area contributed by atoms with E-state index in [2.05, 4.69) is 13.0 Å². The summed E-state index contributed by atoms with van der Waals surface area (Å²) in [5, 5.41) is 9.07. The number of nitrogens with zero attached hydrogens (tertiary/aromatic N) is 2. The van der Waals surface area contributed by atoms with Crippen molar-refractivity contribution in [3.8, 4) is 11.8 Å². The van der Waals surface area contributed by atoms with Gasteiger partial charge in [-0.25, -0.2) is 0 Å². The first-order chi connectivity index (χ1) is 11.6. The Morgan fingerprint density at radius 1 is 1.25 bits per heavy atom. The van der Waals surface area contributed by atoms with E-state index in [-0.39, 0.29) is 12.5 Å². The van der Waals surface area contributed by atoms with Crippen molar-refractivity contribution < 1.29 is 9.53 Å². The van der Waals surface area contributed by atoms with E-state index in [9.17, 15) is 4.79 Å². The van der Waals surface area contributed by atoms with Gasteiger partial charge in [0, 0.05) is 18.2 Å². The maximum Gasteiger partial charge on any atom is 0.269 e. The number of carbonyl (C=O) groups is 1. The first-order valence-corrected chi connectivity index (χ1v) is 7.95. The number of nitrogen functional groups attached to an aromatic ring is 1. The smallest absolute Gasteiger partial charge is 0.269 e. The van der Waals surface area contributed by atoms with Crippen LogP contribution in [0.3, 0.4) is 0 Å². The molecule has 1 amide bonds. The minimum Gasteiger partial charge on any atom is -0.478 e. The lowest BCUT2D eigenvalue weighted by molar-refractivity contribution is -0.126. The van der Waals surface area contributed by atoms with Crippen LogP contribution in [0.2, 0.25) is 0 Å². The van der Waals surface area contributed by atoms with E-state index in [0.717, 1.165) is 12.0 Å². The molecule has 2 aromatic rings. The van der Waals surface area contributed by atoms with E-state index >= 15 is 0 Å². The minimum atomic E-state index is -0.652. The van der Waals surface area contributed by atoms with Crippen molar-refractivity contribution in [2.75, 3.05) is 17.2 Å². The normalized spacial score (nSPS) is 16.2. The predicted molar refractivity (Wildman–Crippen MR) is 92.8 cm³/mol. The number of nitrogens with two attached hydrogens (primary N) is 1. The number of benzene rings is 2. The lowest BCUT2D eigenvalue weighted by Gasteiger charge is -2.33. The quantitative estimate of drug-likeness (QED) is 0.693. The fourth-order valence-corrected chi connectivity index (χ4v) is 3.01. The van der Waals surface area contributed by atoms with Gasteiger partial charge in [0.2, 0.25) is 0 Å². The highest BCUT2D eigenvalue weighted by molar-refractivity contribution is 6.00. The highest BCUT2D eigenvalue weighted by atomic mass is 16.5. The molecular weight excluding hydrogens is 302 g/mol. The summed E-state index contributed by atoms with van der Waals surface area (Å²) < 4.78 is 5.92. The molecule has 3 rings (SSSR count). The van der Waals surface area contributed by atoms with Gasteiger partial charge in [-0.2, -0.15) is 5.26 Å². The van der Waals surface area contributed by atoms with Crippen molar-refractivity contribution in [3.05, 3.63) is 53.6 Å². The highest BCUT2D eigenvalue weighted by Gasteiger charge is 2.34. The molecule has 0 fully saturated rings. The lowest BCUT2D eigenvalue weighted by Crippen LogP contribution is -2.47. The molecular formula is C19H19N3O2. The van der Waals surface area contributed by atoms with Crippen LogP contribution in [0.1, 0.15) is 18.1 Å². The van der Waals surface area contributed by atoms with E-state index in [4.69, 9.17) is 15.7 Å². The van der Waals surface area contributed by atoms with Crippen molar-refractivity contribution in [3.63, 3.8) is 0 Å². The topological polar surface area (TPSA) is 79.3 Å². The average Bonchev–Trinajstić information content (AvgIpc) is 2.59. The summed E-state index contributed by atoms with van der Waals surface area (Å²) in [6, 6.07) is 15.2. The number of anilines is 2. The first kappa shape index (κ1) is 15.9. The lowest BCUT2D eigenvalue weighted by atomic mass is 9.98. The van der Waals surface area contributed by atoms with Gasteiger partial charge in [0.25, 0.3) is 5.91 Å². The van der Waals surface area contributed by atoms with Crippen LogP contribution in [0.5, 0.6) is 5.75 Å². The number of aryl methyl sites for hydroxylation is 1. The van der Waals surface area contributed by atoms with Crippen LogP contribution in [0.15, 0.2) is 42.5 Å². The van der Waals surface area contributed by atoms with Gasteiger partial charge in [-0.05, 0) is 29.7 Å². The van der Waals surface area contributed by atoms with Crippen LogP contribution in [0.4, 0.5) is 11.4 Å². The fourth-order valence-electron chi connectivity index (χ4n) is 3.01. The molecule has 1 unspecified atom stereocenters. The zero-order valence-corrected chi connectivity index (χ0v) is 13.5. The number of hydrogen-bond acceptors (Lipinski definition) is 4. The molecule has 0 saturated heterocycles. The Morgan fingerprint density at radius 2 is 2.00 bits per heavy atom. The van der Waals surface area contributed by atoms with Gasteiger partial charge in [0.1, 0.15) is 12.3 Å². The van der Waals surface area contributed by atoms with Crippen LogP contribution < -0.4 is 15.4 Å². The number of nitriles is 1. The van der Waals surface area contributed by atoms with E-state index in [0.29, 0.717) is 23.5 Å². The fraction of sp³-hybridized carbons (Fsp3) is 0.263. The average molecular weight is 321 g/mol. The Kier molecular flexibility index (Phi) is 4.39. The predicted octanol–water partition coefficient (Wildman–Crippen LogP) is 2.69. The van der Waals surface area contributed by atoms with Gasteiger partial charge in [-0.1, -0.05) is 31.2 Å². The number of fused-ring (bicyclic) bond motifs is 1. The number of amides is 1. The summed E-state index contributed by atoms with van der Waals surface area (Å²) in [5.74, 6) is 0.351. The Labute approximate surface area is 141 Å². The van der Waals surface area contributed by atoms with Crippen LogP contribution in [-0.2, 0) is 17.6 Å². The molecule has 0 aliphatic carbocycles. The largest absolute Gasteiger partial charge is 0.478 e. The van der Waals surface area contributed by atoms with Crippen LogP contribution in [0, 0.1) is 11.3 Å². The molecule has 1 aliphatic rings. The standard InChI is InChI=1S/C19H19N3O2/c1-2-13-5-3-4-6-14(13)11-18-19(23)22(10-9-20)16-8-7-15(21)12-17(16)24-18/h3-8,12,18H,2,10-11,21H2,1H3. The second-order valence-electron chi connectivity index (χ2n) is 5.74. The maximum atomic E-state index is 12.8. The third-order valence-corrected chi connectivity index (χ3v) is 4.22. The van der Waals surface area contributed by atoms with Gasteiger partial charge < -0.3 is 10.5 Å². The van der Waals surface area contributed by atoms with Crippen LogP contribution in [0.25, 0.3) is 0 Å². The molecule has 2 N–H and O–H groups in total. The van der Waals surface area contributed by atoms with Crippen molar-refractivity contribution >= 4 is 17.3 Å². The van der Waals surface area contributed by atoms with E-state index < -0.39 is 6.10 Å². The highest BCUT2D eigenvalue weighted by Crippen LogP contribution is 2.36. The molecule has 122 valence electrons. The van der Waals surface area contributed by atoms with E-state index in [1.54, 1.807) is 18.2 Å². The maximum absolute atomic E-state index is 12.8. The van der Waals surface area contributed by atoms with Crippen molar-refractivity contribution in [1.29, 1.82) is 5.26 Å². The molecule has 1 heterocycles. The number of carbonyl (C=O) groups excluding carboxylic acids is 1. The Balaban J connectivity index is 1.95. The van der Waals surface area contributed by atoms with Gasteiger partial charge >= 0.3 is 0 Å². The number of hydrogen-bond donors (Lipinski definition) is 1. The SMILES string of the molecule is CCc1ccccc1CC1Oc2cc(N)ccc2N(CC#N)C1=O. The summed E-state index contributed by atoms with van der Waals surface area (Å²) in [6.07, 6.45) is 0.710. The third kappa shape index (κ3) is 2.91. The van der Waals surface area contributed by atoms with Gasteiger partial charge in [0.05, 0.1) is 11.8 Å². The van der Waals surface area contributed by atoms with Gasteiger partial charge in [-0.3, -0.25) is 9.69 Å². The molecule has 0 saturated carbocycles. The second kappa shape index (κ2) is 6.63. The summed E-state index contributed by atoms with van der Waals surface area (Å²) in [7, 11) is 0. The summed E-state index contributed by atoms with van der Waals surface area (Å²) in [4.78, 5) is 14.3. The van der Waals surface area contributed by atoms with Crippen molar-refractivity contribution in [2.24, 2.45) is 0 Å². The molecule has 2 aromatic carbocycles. The zero-order valence-electron chi connectivity index (χ0n) is 13.5. The third-order valence-electron chi connectivity index (χ3n) is 4.22. The zero-order chi connectivity index (χ0) is 17.1. The first-order valence-electron chi connectivity index (χ1n) is 7.95. The number of rotatable bonds is 4. The van der Waals surface area contributed by atoms with Gasteiger partial charge in [0.15, 0.2) is 6.10 Å². The summed E-state index contributed by atoms with van der Waals surface area (Å²) in [6.45, 7) is 2.07. The monoisotopic (exact) mass is 321 g/mol. The molecule has 1 aliphatic heterocycles. The van der Waals surface area contributed by atoms with E-state index in [1.807, 2.05) is 24.3 Å². The van der Waals surface area contributed by atoms with E-state index in [1.165, 1.54) is 10.5 Å². The molecule has 24 heavy (non-hydrogen) atoms. The molecule has 0 radical (unpaired) electrons. The molecule has 5 heteroatoms. The molecule has 0 bridgehead atoms. The minimum absolute atomic E-state index is 0.00889. The van der Waals surface area contributed by atoms with Crippen LogP contribution >= 0.6 is 0 Å². The summed E-state index contributed by atoms with van der Waals surface area (Å²) >= 11 is 0. The van der Waals surface area contributed by atoms with Gasteiger partial charge in [-0.15, -0.1) is 0 Å². The molecule has 0 aromatic heterocycles. The second-order valence-corrected chi connectivity index (χ2v) is 5.74. The van der Waals surface area contributed by atoms with Crippen molar-refractivity contribution in [1.82, 2.24) is 0 Å². The molecule has 0 spiro atoms. The van der Waals surface area contributed by atoms with Crippen LogP contribution in [-0.4, -0.2) is 18.6 Å². The Bertz CT molecular complexity index is 810. The summed E-state index contributed by atoms with van der Waals surface area (Å²) in [5.41, 5.74) is 9.27.